The van der Waals surface area contributed by atoms with E-state index >= 15 is 0 Å². The summed E-state index contributed by atoms with van der Waals surface area (Å²) in [5.74, 6) is -0.912. The summed E-state index contributed by atoms with van der Waals surface area (Å²) in [6, 6.07) is 7.68. The summed E-state index contributed by atoms with van der Waals surface area (Å²) in [4.78, 5) is 41.9. The van der Waals surface area contributed by atoms with E-state index in [2.05, 4.69) is 17.2 Å². The lowest BCUT2D eigenvalue weighted by atomic mass is 10.1. The molecule has 0 aliphatic heterocycles. The molecule has 0 spiro atoms. The van der Waals surface area contributed by atoms with Crippen LogP contribution in [0.25, 0.3) is 10.2 Å². The predicted octanol–water partition coefficient (Wildman–Crippen LogP) is 3.62. The molecule has 2 aromatic heterocycles. The molecule has 29 heavy (non-hydrogen) atoms. The fourth-order valence-electron chi connectivity index (χ4n) is 2.93. The molecule has 0 saturated carbocycles. The molecule has 1 aromatic carbocycles. The predicted molar refractivity (Wildman–Crippen MR) is 114 cm³/mol. The van der Waals surface area contributed by atoms with Gasteiger partial charge in [0.2, 0.25) is 5.91 Å². The molecule has 0 radical (unpaired) electrons. The van der Waals surface area contributed by atoms with E-state index < -0.39 is 11.5 Å². The smallest absolute Gasteiger partial charge is 0.339 e. The van der Waals surface area contributed by atoms with Gasteiger partial charge in [-0.3, -0.25) is 14.2 Å². The van der Waals surface area contributed by atoms with Crippen molar-refractivity contribution in [2.45, 2.75) is 39.7 Å². The van der Waals surface area contributed by atoms with Gasteiger partial charge in [0.05, 0.1) is 23.9 Å². The van der Waals surface area contributed by atoms with Gasteiger partial charge in [-0.1, -0.05) is 25.5 Å². The Kier molecular flexibility index (Phi) is 6.77. The SMILES string of the molecule is CCCCc1ccc(NC(=O)Cn2cnc3scc(C(=O)OCC)c3c2=O)cc1. The topological polar surface area (TPSA) is 90.3 Å². The van der Waals surface area contributed by atoms with Crippen LogP contribution in [0.4, 0.5) is 5.69 Å². The fraction of sp³-hybridized carbons (Fsp3) is 0.333. The number of nitrogens with one attached hydrogen (secondary N) is 1. The number of carbonyl (C=O) groups excluding carboxylic acids is 2. The standard InChI is InChI=1S/C21H23N3O4S/c1-3-5-6-14-7-9-15(10-8-14)23-17(25)11-24-13-22-19-18(20(24)26)16(12-29-19)21(27)28-4-2/h7-10,12-13H,3-6,11H2,1-2H3,(H,23,25). The van der Waals surface area contributed by atoms with Crippen LogP contribution < -0.4 is 10.9 Å². The summed E-state index contributed by atoms with van der Waals surface area (Å²) < 4.78 is 6.19. The van der Waals surface area contributed by atoms with Gasteiger partial charge in [0.15, 0.2) is 0 Å². The molecular weight excluding hydrogens is 390 g/mol. The second-order valence-corrected chi connectivity index (χ2v) is 7.43. The Bertz CT molecular complexity index is 1070. The number of anilines is 1. The third kappa shape index (κ3) is 4.89. The number of unbranched alkanes of at least 4 members (excludes halogenated alkanes) is 1. The first-order valence-corrected chi connectivity index (χ1v) is 10.4. The highest BCUT2D eigenvalue weighted by molar-refractivity contribution is 7.17. The lowest BCUT2D eigenvalue weighted by Gasteiger charge is -2.08. The van der Waals surface area contributed by atoms with Gasteiger partial charge >= 0.3 is 5.97 Å². The van der Waals surface area contributed by atoms with E-state index in [-0.39, 0.29) is 30.0 Å². The van der Waals surface area contributed by atoms with Crippen molar-refractivity contribution in [2.75, 3.05) is 11.9 Å². The van der Waals surface area contributed by atoms with Gasteiger partial charge in [0, 0.05) is 11.1 Å². The number of ether oxygens (including phenoxy) is 1. The van der Waals surface area contributed by atoms with E-state index in [1.165, 1.54) is 27.8 Å². The maximum atomic E-state index is 12.8. The number of fused-ring (bicyclic) bond motifs is 1. The molecule has 3 rings (SSSR count). The van der Waals surface area contributed by atoms with Crippen molar-refractivity contribution in [1.29, 1.82) is 0 Å². The summed E-state index contributed by atoms with van der Waals surface area (Å²) in [6.07, 6.45) is 4.59. The van der Waals surface area contributed by atoms with Crippen LogP contribution in [0.15, 0.2) is 40.8 Å². The lowest BCUT2D eigenvalue weighted by Crippen LogP contribution is -2.28. The monoisotopic (exact) mass is 413 g/mol. The van der Waals surface area contributed by atoms with Crippen LogP contribution in [0.5, 0.6) is 0 Å². The molecular formula is C21H23N3O4S. The number of rotatable bonds is 8. The van der Waals surface area contributed by atoms with Gasteiger partial charge in [0.1, 0.15) is 11.4 Å². The van der Waals surface area contributed by atoms with Crippen molar-refractivity contribution in [3.05, 3.63) is 57.5 Å². The molecule has 0 aliphatic rings. The molecule has 0 aliphatic carbocycles. The fourth-order valence-corrected chi connectivity index (χ4v) is 3.80. The van der Waals surface area contributed by atoms with E-state index in [4.69, 9.17) is 4.74 Å². The molecule has 0 unspecified atom stereocenters. The maximum absolute atomic E-state index is 12.8. The summed E-state index contributed by atoms with van der Waals surface area (Å²) in [5.41, 5.74) is 1.63. The minimum Gasteiger partial charge on any atom is -0.462 e. The Morgan fingerprint density at radius 1 is 1.21 bits per heavy atom. The van der Waals surface area contributed by atoms with Crippen molar-refractivity contribution in [3.8, 4) is 0 Å². The molecule has 0 saturated heterocycles. The highest BCUT2D eigenvalue weighted by atomic mass is 32.1. The Morgan fingerprint density at radius 3 is 2.66 bits per heavy atom. The highest BCUT2D eigenvalue weighted by Gasteiger charge is 2.19. The summed E-state index contributed by atoms with van der Waals surface area (Å²) >= 11 is 1.19. The van der Waals surface area contributed by atoms with Crippen molar-refractivity contribution in [1.82, 2.24) is 9.55 Å². The molecule has 0 fully saturated rings. The number of nitrogens with zero attached hydrogens (tertiary/aromatic N) is 2. The van der Waals surface area contributed by atoms with E-state index in [1.807, 2.05) is 24.3 Å². The first-order chi connectivity index (χ1) is 14.0. The van der Waals surface area contributed by atoms with Crippen LogP contribution in [0, 0.1) is 0 Å². The second kappa shape index (κ2) is 9.47. The number of hydrogen-bond donors (Lipinski definition) is 1. The third-order valence-electron chi connectivity index (χ3n) is 4.43. The quantitative estimate of drug-likeness (QED) is 0.570. The van der Waals surface area contributed by atoms with Crippen molar-refractivity contribution in [3.63, 3.8) is 0 Å². The molecule has 8 heteroatoms. The number of benzene rings is 1. The van der Waals surface area contributed by atoms with Crippen molar-refractivity contribution < 1.29 is 14.3 Å². The zero-order valence-electron chi connectivity index (χ0n) is 16.4. The number of aryl methyl sites for hydroxylation is 1. The molecule has 2 heterocycles. The molecule has 1 amide bonds. The number of thiophene rings is 1. The largest absolute Gasteiger partial charge is 0.462 e. The average molecular weight is 413 g/mol. The van der Waals surface area contributed by atoms with Crippen LogP contribution in [0.2, 0.25) is 0 Å². The van der Waals surface area contributed by atoms with Crippen LogP contribution in [-0.4, -0.2) is 28.0 Å². The Morgan fingerprint density at radius 2 is 1.97 bits per heavy atom. The number of hydrogen-bond acceptors (Lipinski definition) is 6. The number of esters is 1. The average Bonchev–Trinajstić information content (AvgIpc) is 3.15. The molecule has 0 atom stereocenters. The van der Waals surface area contributed by atoms with Crippen LogP contribution in [0.1, 0.15) is 42.6 Å². The van der Waals surface area contributed by atoms with Gasteiger partial charge in [-0.05, 0) is 37.5 Å². The maximum Gasteiger partial charge on any atom is 0.339 e. The molecule has 1 N–H and O–H groups in total. The number of aromatic nitrogens is 2. The number of carbonyl (C=O) groups is 2. The minimum atomic E-state index is -0.567. The lowest BCUT2D eigenvalue weighted by molar-refractivity contribution is -0.116. The summed E-state index contributed by atoms with van der Waals surface area (Å²) in [6.45, 7) is 3.86. The minimum absolute atomic E-state index is 0.182. The highest BCUT2D eigenvalue weighted by Crippen LogP contribution is 2.21. The Hall–Kier alpha value is -3.00. The first-order valence-electron chi connectivity index (χ1n) is 9.56. The van der Waals surface area contributed by atoms with Gasteiger partial charge in [-0.2, -0.15) is 0 Å². The second-order valence-electron chi connectivity index (χ2n) is 6.58. The normalized spacial score (nSPS) is 10.8. The first kappa shape index (κ1) is 20.7. The van der Waals surface area contributed by atoms with E-state index in [1.54, 1.807) is 12.3 Å². The zero-order valence-corrected chi connectivity index (χ0v) is 17.3. The molecule has 0 bridgehead atoms. The van der Waals surface area contributed by atoms with Crippen molar-refractivity contribution >= 4 is 39.1 Å². The molecule has 7 nitrogen and oxygen atoms in total. The summed E-state index contributed by atoms with van der Waals surface area (Å²) in [7, 11) is 0. The van der Waals surface area contributed by atoms with Gasteiger partial charge < -0.3 is 10.1 Å². The number of amides is 1. The van der Waals surface area contributed by atoms with Crippen LogP contribution >= 0.6 is 11.3 Å². The zero-order chi connectivity index (χ0) is 20.8. The van der Waals surface area contributed by atoms with E-state index in [0.29, 0.717) is 10.5 Å². The van der Waals surface area contributed by atoms with Gasteiger partial charge in [0.25, 0.3) is 5.56 Å². The Balaban J connectivity index is 1.75. The van der Waals surface area contributed by atoms with E-state index in [0.717, 1.165) is 19.3 Å². The van der Waals surface area contributed by atoms with Crippen LogP contribution in [0.3, 0.4) is 0 Å². The summed E-state index contributed by atoms with van der Waals surface area (Å²) in [5, 5.41) is 4.53. The van der Waals surface area contributed by atoms with Gasteiger partial charge in [-0.25, -0.2) is 9.78 Å². The van der Waals surface area contributed by atoms with Crippen LogP contribution in [-0.2, 0) is 22.5 Å². The van der Waals surface area contributed by atoms with Crippen molar-refractivity contribution in [2.24, 2.45) is 0 Å². The van der Waals surface area contributed by atoms with Gasteiger partial charge in [-0.15, -0.1) is 11.3 Å². The Labute approximate surface area is 172 Å². The molecule has 3 aromatic rings. The third-order valence-corrected chi connectivity index (χ3v) is 5.31. The molecule has 152 valence electrons. The van der Waals surface area contributed by atoms with E-state index in [9.17, 15) is 14.4 Å².